The third-order valence-electron chi connectivity index (χ3n) is 3.93. The highest BCUT2D eigenvalue weighted by molar-refractivity contribution is 8.00. The van der Waals surface area contributed by atoms with Gasteiger partial charge in [0.25, 0.3) is 0 Å². The minimum Gasteiger partial charge on any atom is -0.339 e. The average molecular weight is 331 g/mol. The molecule has 6 heteroatoms. The maximum Gasteiger partial charge on any atom is 0.442 e. The van der Waals surface area contributed by atoms with E-state index < -0.39 is 17.2 Å². The molecular weight excluding hydrogens is 311 g/mol. The van der Waals surface area contributed by atoms with Gasteiger partial charge in [-0.2, -0.15) is 13.2 Å². The van der Waals surface area contributed by atoms with Crippen molar-refractivity contribution in [1.29, 1.82) is 0 Å². The predicted octanol–water partition coefficient (Wildman–Crippen LogP) is 4.25. The quantitative estimate of drug-likeness (QED) is 0.776. The number of halogens is 3. The van der Waals surface area contributed by atoms with E-state index in [-0.39, 0.29) is 17.8 Å². The molecule has 1 aromatic rings. The van der Waals surface area contributed by atoms with Crippen molar-refractivity contribution in [2.24, 2.45) is 0 Å². The molecule has 122 valence electrons. The molecule has 0 radical (unpaired) electrons. The maximum absolute atomic E-state index is 12.3. The van der Waals surface area contributed by atoms with Crippen molar-refractivity contribution in [3.63, 3.8) is 0 Å². The summed E-state index contributed by atoms with van der Waals surface area (Å²) in [6, 6.07) is 9.82. The van der Waals surface area contributed by atoms with Gasteiger partial charge in [-0.25, -0.2) is 0 Å². The highest BCUT2D eigenvalue weighted by Crippen LogP contribution is 2.31. The van der Waals surface area contributed by atoms with Gasteiger partial charge >= 0.3 is 5.51 Å². The first kappa shape index (κ1) is 17.2. The van der Waals surface area contributed by atoms with Crippen molar-refractivity contribution < 1.29 is 18.0 Å². The molecule has 1 aliphatic rings. The number of benzene rings is 1. The van der Waals surface area contributed by atoms with Crippen LogP contribution < -0.4 is 0 Å². The number of carbonyl (C=O) groups excluding carboxylic acids is 1. The van der Waals surface area contributed by atoms with Crippen LogP contribution in [0.3, 0.4) is 0 Å². The van der Waals surface area contributed by atoms with E-state index in [0.717, 1.165) is 31.2 Å². The normalized spacial score (nSPS) is 16.0. The van der Waals surface area contributed by atoms with Gasteiger partial charge in [0.1, 0.15) is 0 Å². The fourth-order valence-corrected chi connectivity index (χ4v) is 3.30. The molecule has 0 bridgehead atoms. The van der Waals surface area contributed by atoms with Crippen molar-refractivity contribution in [3.8, 4) is 0 Å². The Labute approximate surface area is 133 Å². The number of amides is 1. The summed E-state index contributed by atoms with van der Waals surface area (Å²) in [5.74, 6) is -0.917. The number of thioether (sulfide) groups is 1. The van der Waals surface area contributed by atoms with Gasteiger partial charge in [0.2, 0.25) is 5.91 Å². The van der Waals surface area contributed by atoms with Gasteiger partial charge in [-0.3, -0.25) is 4.79 Å². The Hall–Kier alpha value is -1.17. The van der Waals surface area contributed by atoms with E-state index in [4.69, 9.17) is 0 Å². The highest BCUT2D eigenvalue weighted by Gasteiger charge is 2.32. The van der Waals surface area contributed by atoms with Crippen LogP contribution in [0, 0.1) is 0 Å². The third kappa shape index (κ3) is 5.55. The number of hydrogen-bond donors (Lipinski definition) is 0. The van der Waals surface area contributed by atoms with Crippen LogP contribution in [0.25, 0.3) is 0 Å². The van der Waals surface area contributed by atoms with E-state index in [0.29, 0.717) is 13.0 Å². The maximum atomic E-state index is 12.3. The van der Waals surface area contributed by atoms with Crippen LogP contribution in [0.5, 0.6) is 0 Å². The first-order valence-electron chi connectivity index (χ1n) is 7.50. The summed E-state index contributed by atoms with van der Waals surface area (Å²) in [4.78, 5) is 13.9. The molecule has 1 aliphatic carbocycles. The number of alkyl halides is 3. The molecule has 0 heterocycles. The highest BCUT2D eigenvalue weighted by atomic mass is 32.2. The molecule has 2 nitrogen and oxygen atoms in total. The Morgan fingerprint density at radius 3 is 2.41 bits per heavy atom. The summed E-state index contributed by atoms with van der Waals surface area (Å²) in [7, 11) is 0. The monoisotopic (exact) mass is 331 g/mol. The van der Waals surface area contributed by atoms with Crippen LogP contribution in [0.4, 0.5) is 13.2 Å². The van der Waals surface area contributed by atoms with Crippen LogP contribution in [0.1, 0.15) is 31.2 Å². The first-order chi connectivity index (χ1) is 10.5. The Kier molecular flexibility index (Phi) is 6.17. The zero-order valence-electron chi connectivity index (χ0n) is 12.3. The molecule has 0 spiro atoms. The fraction of sp³-hybridized carbons (Fsp3) is 0.562. The minimum absolute atomic E-state index is 0.102. The fourth-order valence-electron chi connectivity index (χ4n) is 2.85. The zero-order valence-corrected chi connectivity index (χ0v) is 13.1. The van der Waals surface area contributed by atoms with E-state index in [9.17, 15) is 18.0 Å². The molecule has 1 saturated carbocycles. The van der Waals surface area contributed by atoms with Crippen LogP contribution in [0.2, 0.25) is 0 Å². The summed E-state index contributed by atoms with van der Waals surface area (Å²) in [6.45, 7) is 0.492. The van der Waals surface area contributed by atoms with Crippen molar-refractivity contribution in [1.82, 2.24) is 4.90 Å². The van der Waals surface area contributed by atoms with E-state index in [1.54, 1.807) is 4.90 Å². The smallest absolute Gasteiger partial charge is 0.339 e. The minimum atomic E-state index is -4.35. The molecule has 0 N–H and O–H groups in total. The van der Waals surface area contributed by atoms with Gasteiger partial charge in [0, 0.05) is 12.6 Å². The van der Waals surface area contributed by atoms with E-state index in [1.165, 1.54) is 0 Å². The molecule has 2 rings (SSSR count). The van der Waals surface area contributed by atoms with E-state index in [1.807, 2.05) is 30.3 Å². The lowest BCUT2D eigenvalue weighted by molar-refractivity contribution is -0.130. The molecule has 0 atom stereocenters. The average Bonchev–Trinajstić information content (AvgIpc) is 3.00. The summed E-state index contributed by atoms with van der Waals surface area (Å²) >= 11 is -0.241. The van der Waals surface area contributed by atoms with Crippen LogP contribution >= 0.6 is 11.8 Å². The Balaban J connectivity index is 1.94. The lowest BCUT2D eigenvalue weighted by Crippen LogP contribution is -2.41. The Morgan fingerprint density at radius 1 is 1.18 bits per heavy atom. The molecule has 1 fully saturated rings. The van der Waals surface area contributed by atoms with Crippen LogP contribution in [-0.4, -0.2) is 34.7 Å². The van der Waals surface area contributed by atoms with Gasteiger partial charge in [0.05, 0.1) is 5.75 Å². The summed E-state index contributed by atoms with van der Waals surface area (Å²) in [6.07, 6.45) is 4.58. The second kappa shape index (κ2) is 7.90. The van der Waals surface area contributed by atoms with Gasteiger partial charge in [-0.05, 0) is 36.6 Å². The van der Waals surface area contributed by atoms with Crippen LogP contribution in [0.15, 0.2) is 30.3 Å². The van der Waals surface area contributed by atoms with Crippen LogP contribution in [-0.2, 0) is 11.2 Å². The SMILES string of the molecule is O=C(CSC(F)(F)F)N(CCc1ccccc1)C1CCCC1. The molecular formula is C16H20F3NOS. The summed E-state index contributed by atoms with van der Waals surface area (Å²) in [5, 5.41) is 0. The number of carbonyl (C=O) groups is 1. The molecule has 1 aromatic carbocycles. The second-order valence-electron chi connectivity index (χ2n) is 5.50. The summed E-state index contributed by atoms with van der Waals surface area (Å²) < 4.78 is 36.9. The molecule has 1 amide bonds. The van der Waals surface area contributed by atoms with E-state index >= 15 is 0 Å². The largest absolute Gasteiger partial charge is 0.442 e. The van der Waals surface area contributed by atoms with E-state index in [2.05, 4.69) is 0 Å². The number of hydrogen-bond acceptors (Lipinski definition) is 2. The lowest BCUT2D eigenvalue weighted by atomic mass is 10.1. The van der Waals surface area contributed by atoms with Gasteiger partial charge in [0.15, 0.2) is 0 Å². The molecule has 0 saturated heterocycles. The van der Waals surface area contributed by atoms with Crippen molar-refractivity contribution in [3.05, 3.63) is 35.9 Å². The topological polar surface area (TPSA) is 20.3 Å². The Morgan fingerprint density at radius 2 is 1.82 bits per heavy atom. The van der Waals surface area contributed by atoms with Gasteiger partial charge in [-0.1, -0.05) is 43.2 Å². The summed E-state index contributed by atoms with van der Waals surface area (Å²) in [5.41, 5.74) is -3.25. The molecule has 0 aliphatic heterocycles. The molecule has 0 aromatic heterocycles. The second-order valence-corrected chi connectivity index (χ2v) is 6.54. The van der Waals surface area contributed by atoms with Gasteiger partial charge in [-0.15, -0.1) is 0 Å². The lowest BCUT2D eigenvalue weighted by Gasteiger charge is -2.29. The number of rotatable bonds is 6. The zero-order chi connectivity index (χ0) is 16.0. The standard InChI is InChI=1S/C16H20F3NOS/c17-16(18,19)22-12-15(21)20(14-8-4-5-9-14)11-10-13-6-2-1-3-7-13/h1-3,6-7,14H,4-5,8-12H2. The Bertz CT molecular complexity index is 472. The molecule has 22 heavy (non-hydrogen) atoms. The molecule has 0 unspecified atom stereocenters. The predicted molar refractivity (Wildman–Crippen MR) is 82.6 cm³/mol. The van der Waals surface area contributed by atoms with Crippen molar-refractivity contribution in [2.45, 2.75) is 43.7 Å². The van der Waals surface area contributed by atoms with Gasteiger partial charge < -0.3 is 4.90 Å². The first-order valence-corrected chi connectivity index (χ1v) is 8.48. The van der Waals surface area contributed by atoms with Crippen molar-refractivity contribution in [2.75, 3.05) is 12.3 Å². The third-order valence-corrected chi connectivity index (χ3v) is 4.65. The number of nitrogens with zero attached hydrogens (tertiary/aromatic N) is 1. The van der Waals surface area contributed by atoms with Crippen molar-refractivity contribution >= 4 is 17.7 Å².